The molecule has 0 aliphatic heterocycles. The molecule has 1 aliphatic rings. The molecule has 1 heterocycles. The number of carbonyl (C=O) groups is 2. The third-order valence-electron chi connectivity index (χ3n) is 5.86. The Morgan fingerprint density at radius 1 is 1.19 bits per heavy atom. The van der Waals surface area contributed by atoms with Crippen molar-refractivity contribution in [3.8, 4) is 5.75 Å². The molecule has 0 N–H and O–H groups in total. The first-order chi connectivity index (χ1) is 15.3. The maximum Gasteiger partial charge on any atom is 0.338 e. The van der Waals surface area contributed by atoms with Gasteiger partial charge in [-0.05, 0) is 64.2 Å². The summed E-state index contributed by atoms with van der Waals surface area (Å²) in [7, 11) is 1.31. The molecule has 0 unspecified atom stereocenters. The molecule has 3 rings (SSSR count). The van der Waals surface area contributed by atoms with Crippen molar-refractivity contribution in [3.05, 3.63) is 68.5 Å². The molecule has 0 fully saturated rings. The third kappa shape index (κ3) is 5.25. The van der Waals surface area contributed by atoms with Gasteiger partial charge in [0.15, 0.2) is 12.4 Å². The molecule has 0 spiro atoms. The number of ketones is 1. The summed E-state index contributed by atoms with van der Waals surface area (Å²) in [4.78, 5) is 35.6. The smallest absolute Gasteiger partial charge is 0.338 e. The van der Waals surface area contributed by atoms with E-state index in [1.165, 1.54) is 37.7 Å². The minimum atomic E-state index is -0.804. The van der Waals surface area contributed by atoms with Gasteiger partial charge < -0.3 is 14.0 Å². The van der Waals surface area contributed by atoms with E-state index < -0.39 is 17.5 Å². The van der Waals surface area contributed by atoms with Crippen molar-refractivity contribution in [2.45, 2.75) is 52.5 Å². The lowest BCUT2D eigenvalue weighted by Gasteiger charge is -2.15. The van der Waals surface area contributed by atoms with E-state index in [1.54, 1.807) is 0 Å². The molecule has 1 aromatic heterocycles. The Bertz CT molecular complexity index is 1070. The Morgan fingerprint density at radius 2 is 1.97 bits per heavy atom. The van der Waals surface area contributed by atoms with Crippen LogP contribution in [-0.4, -0.2) is 35.0 Å². The number of allylic oxidation sites excluding steroid dienone is 2. The lowest BCUT2D eigenvalue weighted by Crippen LogP contribution is -2.15. The Hall–Kier alpha value is -3.42. The predicted octanol–water partition coefficient (Wildman–Crippen LogP) is 4.95. The predicted molar refractivity (Wildman–Crippen MR) is 119 cm³/mol. The minimum absolute atomic E-state index is 0.0171. The van der Waals surface area contributed by atoms with Gasteiger partial charge in [-0.15, -0.1) is 0 Å². The van der Waals surface area contributed by atoms with Gasteiger partial charge in [0.05, 0.1) is 17.6 Å². The van der Waals surface area contributed by atoms with Crippen LogP contribution in [0.3, 0.4) is 0 Å². The van der Waals surface area contributed by atoms with Gasteiger partial charge in [-0.25, -0.2) is 4.79 Å². The van der Waals surface area contributed by atoms with E-state index in [-0.39, 0.29) is 22.8 Å². The maximum atomic E-state index is 12.7. The number of benzene rings is 1. The molecule has 32 heavy (non-hydrogen) atoms. The van der Waals surface area contributed by atoms with Gasteiger partial charge >= 0.3 is 11.7 Å². The van der Waals surface area contributed by atoms with Crippen LogP contribution in [-0.2, 0) is 11.3 Å². The van der Waals surface area contributed by atoms with Crippen molar-refractivity contribution in [1.82, 2.24) is 4.57 Å². The number of nitrogens with zero attached hydrogens (tertiary/aromatic N) is 2. The molecule has 0 atom stereocenters. The highest BCUT2D eigenvalue weighted by Gasteiger charge is 2.21. The van der Waals surface area contributed by atoms with Gasteiger partial charge in [-0.3, -0.25) is 14.9 Å². The fraction of sp³-hybridized carbons (Fsp3) is 0.417. The number of nitro benzene ring substituents is 1. The molecular weight excluding hydrogens is 412 g/mol. The van der Waals surface area contributed by atoms with E-state index in [0.29, 0.717) is 5.56 Å². The topological polar surface area (TPSA) is 101 Å². The normalized spacial score (nSPS) is 13.4. The molecule has 170 valence electrons. The average Bonchev–Trinajstić information content (AvgIpc) is 3.09. The highest BCUT2D eigenvalue weighted by atomic mass is 16.6. The summed E-state index contributed by atoms with van der Waals surface area (Å²) in [5, 5.41) is 11.1. The molecule has 0 radical (unpaired) electrons. The first-order valence-corrected chi connectivity index (χ1v) is 10.7. The molecule has 0 saturated heterocycles. The lowest BCUT2D eigenvalue weighted by atomic mass is 9.97. The summed E-state index contributed by atoms with van der Waals surface area (Å²) < 4.78 is 12.2. The second-order valence-electron chi connectivity index (χ2n) is 7.94. The SMILES string of the molecule is COc1ccc(C(=O)OCC(=O)c2cc(C)n(CCC3=CCCCC3)c2C)cc1[N+](=O)[O-]. The minimum Gasteiger partial charge on any atom is -0.490 e. The number of hydrogen-bond acceptors (Lipinski definition) is 6. The van der Waals surface area contributed by atoms with Crippen LogP contribution in [0.2, 0.25) is 0 Å². The van der Waals surface area contributed by atoms with Crippen molar-refractivity contribution in [2.75, 3.05) is 13.7 Å². The van der Waals surface area contributed by atoms with Crippen LogP contribution in [0, 0.1) is 24.0 Å². The number of esters is 1. The van der Waals surface area contributed by atoms with Gasteiger partial charge in [0.1, 0.15) is 0 Å². The molecule has 0 saturated carbocycles. The molecular formula is C24H28N2O6. The largest absolute Gasteiger partial charge is 0.490 e. The summed E-state index contributed by atoms with van der Waals surface area (Å²) in [5.74, 6) is -1.07. The first kappa shape index (κ1) is 23.2. The van der Waals surface area contributed by atoms with Crippen LogP contribution < -0.4 is 4.74 Å². The first-order valence-electron chi connectivity index (χ1n) is 10.7. The quantitative estimate of drug-likeness (QED) is 0.180. The van der Waals surface area contributed by atoms with E-state index in [0.717, 1.165) is 43.3 Å². The molecule has 1 aromatic carbocycles. The number of rotatable bonds is 9. The maximum absolute atomic E-state index is 12.7. The van der Waals surface area contributed by atoms with Gasteiger partial charge in [-0.1, -0.05) is 11.6 Å². The molecule has 1 aliphatic carbocycles. The summed E-state index contributed by atoms with van der Waals surface area (Å²) in [6.07, 6.45) is 8.08. The van der Waals surface area contributed by atoms with E-state index >= 15 is 0 Å². The molecule has 8 nitrogen and oxygen atoms in total. The fourth-order valence-electron chi connectivity index (χ4n) is 4.07. The van der Waals surface area contributed by atoms with Crippen LogP contribution >= 0.6 is 0 Å². The summed E-state index contributed by atoms with van der Waals surface area (Å²) in [6.45, 7) is 4.23. The number of methoxy groups -OCH3 is 1. The van der Waals surface area contributed by atoms with E-state index in [4.69, 9.17) is 9.47 Å². The second-order valence-corrected chi connectivity index (χ2v) is 7.94. The number of hydrogen-bond donors (Lipinski definition) is 0. The monoisotopic (exact) mass is 440 g/mol. The van der Waals surface area contributed by atoms with Crippen molar-refractivity contribution >= 4 is 17.4 Å². The Labute approximate surface area is 187 Å². The Morgan fingerprint density at radius 3 is 2.62 bits per heavy atom. The number of aromatic nitrogens is 1. The van der Waals surface area contributed by atoms with Crippen LogP contribution in [0.5, 0.6) is 5.75 Å². The van der Waals surface area contributed by atoms with E-state index in [9.17, 15) is 19.7 Å². The van der Waals surface area contributed by atoms with E-state index in [1.807, 2.05) is 19.9 Å². The zero-order chi connectivity index (χ0) is 23.3. The van der Waals surface area contributed by atoms with Crippen LogP contribution in [0.1, 0.15) is 64.2 Å². The molecule has 0 amide bonds. The number of aryl methyl sites for hydroxylation is 1. The van der Waals surface area contributed by atoms with Gasteiger partial charge in [0.25, 0.3) is 0 Å². The number of carbonyl (C=O) groups excluding carboxylic acids is 2. The fourth-order valence-corrected chi connectivity index (χ4v) is 4.07. The zero-order valence-corrected chi connectivity index (χ0v) is 18.7. The standard InChI is InChI=1S/C24H28N2O6/c1-16-13-20(17(2)25(16)12-11-18-7-5-4-6-8-18)22(27)15-32-24(28)19-9-10-23(31-3)21(14-19)26(29)30/h7,9-10,13-14H,4-6,8,11-12,15H2,1-3H3. The highest BCUT2D eigenvalue weighted by Crippen LogP contribution is 2.28. The van der Waals surface area contributed by atoms with E-state index in [2.05, 4.69) is 10.6 Å². The van der Waals surface area contributed by atoms with Crippen LogP contribution in [0.4, 0.5) is 5.69 Å². The van der Waals surface area contributed by atoms with Crippen molar-refractivity contribution in [1.29, 1.82) is 0 Å². The summed E-state index contributed by atoms with van der Waals surface area (Å²) in [6, 6.07) is 5.59. The van der Waals surface area contributed by atoms with Crippen molar-refractivity contribution in [2.24, 2.45) is 0 Å². The summed E-state index contributed by atoms with van der Waals surface area (Å²) >= 11 is 0. The molecule has 2 aromatic rings. The molecule has 0 bridgehead atoms. The average molecular weight is 440 g/mol. The number of ether oxygens (including phenoxy) is 2. The number of nitro groups is 1. The zero-order valence-electron chi connectivity index (χ0n) is 18.7. The highest BCUT2D eigenvalue weighted by molar-refractivity contribution is 6.00. The van der Waals surface area contributed by atoms with Crippen LogP contribution in [0.25, 0.3) is 0 Å². The van der Waals surface area contributed by atoms with Crippen molar-refractivity contribution < 1.29 is 24.0 Å². The van der Waals surface area contributed by atoms with Crippen LogP contribution in [0.15, 0.2) is 35.9 Å². The summed E-state index contributed by atoms with van der Waals surface area (Å²) in [5.41, 5.74) is 3.47. The van der Waals surface area contributed by atoms with Crippen molar-refractivity contribution in [3.63, 3.8) is 0 Å². The molecule has 8 heteroatoms. The van der Waals surface area contributed by atoms with Gasteiger partial charge in [0, 0.05) is 29.6 Å². The Balaban J connectivity index is 1.65. The lowest BCUT2D eigenvalue weighted by molar-refractivity contribution is -0.385. The number of Topliss-reactive ketones (excluding diaryl/α,β-unsaturated/α-hetero) is 1. The third-order valence-corrected chi connectivity index (χ3v) is 5.86. The van der Waals surface area contributed by atoms with Gasteiger partial charge in [-0.2, -0.15) is 0 Å². The second kappa shape index (κ2) is 10.3. The Kier molecular flexibility index (Phi) is 7.45. The van der Waals surface area contributed by atoms with Gasteiger partial charge in [0.2, 0.25) is 5.78 Å².